The Morgan fingerprint density at radius 1 is 1.10 bits per heavy atom. The maximum absolute atomic E-state index is 13.9. The summed E-state index contributed by atoms with van der Waals surface area (Å²) in [5, 5.41) is 16.6. The first kappa shape index (κ1) is 34.2. The Morgan fingerprint density at radius 2 is 1.81 bits per heavy atom. The zero-order chi connectivity index (χ0) is 34.6. The third-order valence-corrected chi connectivity index (χ3v) is 10.5. The Kier molecular flexibility index (Phi) is 10.2. The molecular weight excluding hydrogens is 665 g/mol. The van der Waals surface area contributed by atoms with Gasteiger partial charge in [0, 0.05) is 48.2 Å². The van der Waals surface area contributed by atoms with E-state index in [1.807, 2.05) is 12.1 Å². The lowest BCUT2D eigenvalue weighted by Crippen LogP contribution is -2.85. The van der Waals surface area contributed by atoms with Gasteiger partial charge in [0.1, 0.15) is 17.1 Å². The fraction of sp³-hybridized carbons (Fsp3) is 0.333. The first-order valence-corrected chi connectivity index (χ1v) is 16.8. The molecule has 3 aliphatic heterocycles. The lowest BCUT2D eigenvalue weighted by Gasteiger charge is -2.56. The number of hydrogen-bond acceptors (Lipinski definition) is 10. The number of aliphatic carboxylic acids is 1. The number of carbonyl (C=O) groups is 7. The summed E-state index contributed by atoms with van der Waals surface area (Å²) in [5.74, 6) is -4.60. The van der Waals surface area contributed by atoms with E-state index in [9.17, 15) is 38.7 Å². The van der Waals surface area contributed by atoms with Gasteiger partial charge in [-0.3, -0.25) is 33.8 Å². The van der Waals surface area contributed by atoms with Crippen LogP contribution in [0, 0.1) is 0 Å². The van der Waals surface area contributed by atoms with Crippen LogP contribution >= 0.6 is 23.5 Å². The van der Waals surface area contributed by atoms with Crippen LogP contribution in [0.15, 0.2) is 71.0 Å². The minimum absolute atomic E-state index is 0.0959. The van der Waals surface area contributed by atoms with Gasteiger partial charge >= 0.3 is 23.8 Å². The van der Waals surface area contributed by atoms with Crippen LogP contribution in [0.4, 0.5) is 4.79 Å². The molecule has 0 aliphatic carbocycles. The van der Waals surface area contributed by atoms with Gasteiger partial charge in [-0.15, -0.1) is 23.5 Å². The highest BCUT2D eigenvalue weighted by atomic mass is 32.2. The summed E-state index contributed by atoms with van der Waals surface area (Å²) in [5.41, 5.74) is 1.43. The number of urea groups is 1. The van der Waals surface area contributed by atoms with Crippen molar-refractivity contribution >= 4 is 65.6 Å². The van der Waals surface area contributed by atoms with Gasteiger partial charge in [-0.2, -0.15) is 5.43 Å². The number of β-lactam (4-membered cyclic amide) rings is 1. The number of rotatable bonds is 12. The van der Waals surface area contributed by atoms with E-state index < -0.39 is 52.7 Å². The normalized spacial score (nSPS) is 21.2. The number of hydrogen-bond donors (Lipinski definition) is 5. The average Bonchev–Trinajstić information content (AvgIpc) is 3.10. The first-order valence-electron chi connectivity index (χ1n) is 14.8. The third-order valence-electron chi connectivity index (χ3n) is 8.03. The quantitative estimate of drug-likeness (QED) is 0.0464. The number of amides is 7. The summed E-state index contributed by atoms with van der Waals surface area (Å²) in [7, 11) is 1.76. The molecule has 1 aromatic heterocycles. The number of piperazine rings is 1. The van der Waals surface area contributed by atoms with Crippen molar-refractivity contribution in [2.24, 2.45) is 0 Å². The molecule has 1 aromatic carbocycles. The molecule has 2 fully saturated rings. The van der Waals surface area contributed by atoms with E-state index in [4.69, 9.17) is 0 Å². The van der Waals surface area contributed by atoms with Gasteiger partial charge in [-0.1, -0.05) is 35.0 Å². The summed E-state index contributed by atoms with van der Waals surface area (Å²) in [4.78, 5) is 94.3. The molecule has 2 aromatic rings. The van der Waals surface area contributed by atoms with E-state index in [1.165, 1.54) is 28.8 Å². The van der Waals surface area contributed by atoms with Crippen LogP contribution in [-0.2, 0) is 28.8 Å². The second-order valence-electron chi connectivity index (χ2n) is 10.7. The summed E-state index contributed by atoms with van der Waals surface area (Å²) in [6, 6.07) is 9.21. The number of carbonyl (C=O) groups excluding carboxylic acids is 6. The number of nitrogens with zero attached hydrogens (tertiary/aromatic N) is 4. The number of fused-ring (bicyclic) bond motifs is 1. The molecule has 0 unspecified atom stereocenters. The molecule has 48 heavy (non-hydrogen) atoms. The summed E-state index contributed by atoms with van der Waals surface area (Å²) < 4.78 is 1.74. The van der Waals surface area contributed by atoms with Crippen LogP contribution in [0.3, 0.4) is 0 Å². The number of nitrogens with one attached hydrogen (secondary N) is 4. The number of carboxylic acid groups (broad SMARTS) is 1. The van der Waals surface area contributed by atoms with Crippen LogP contribution in [-0.4, -0.2) is 111 Å². The monoisotopic (exact) mass is 697 g/mol. The van der Waals surface area contributed by atoms with Gasteiger partial charge in [-0.05, 0) is 18.1 Å². The number of imide groups is 1. The van der Waals surface area contributed by atoms with Crippen molar-refractivity contribution in [2.45, 2.75) is 28.9 Å². The molecule has 4 heterocycles. The van der Waals surface area contributed by atoms with Gasteiger partial charge in [0.05, 0.1) is 7.05 Å². The maximum atomic E-state index is 13.9. The number of thioether (sulfide) groups is 2. The molecule has 3 aliphatic rings. The number of likely N-dealkylation sites (N-methyl/N-ethyl adjacent to an activating group) is 1. The number of pyridine rings is 1. The minimum Gasteiger partial charge on any atom is -0.477 e. The fourth-order valence-electron chi connectivity index (χ4n) is 5.52. The first-order chi connectivity index (χ1) is 23.1. The molecule has 3 atom stereocenters. The average molecular weight is 698 g/mol. The van der Waals surface area contributed by atoms with Crippen LogP contribution in [0.1, 0.15) is 18.5 Å². The van der Waals surface area contributed by atoms with E-state index in [0.717, 1.165) is 21.6 Å². The summed E-state index contributed by atoms with van der Waals surface area (Å²) in [6.07, 6.45) is 3.83. The molecule has 16 nitrogen and oxygen atoms in total. The Morgan fingerprint density at radius 3 is 2.44 bits per heavy atom. The standard InChI is InChI=1S/C30H32N8O8S2/c1-3-35-13-14-37(25(42)24(35)41)29(46)33-21(18-7-5-4-6-8-18)23(40)34-30(32-17-39)27(45)38-22(26(43)44)19(16-48-28(30)38)15-47-20-9-11-36(31-2)12-10-20/h4-12,17,21,28,31H,3,13-16H2,1-2H3,(H3-,32,33,34,39,40,43,44,46)/p+1/t21-,28-,30-/m1/s1. The zero-order valence-electron chi connectivity index (χ0n) is 25.9. The van der Waals surface area contributed by atoms with Crippen LogP contribution in [0.25, 0.3) is 0 Å². The SMILES string of the molecule is CCN1CCN(C(=O)N[C@@H](C(=O)N[C@]2(NC=O)C(=O)N3C(C(=O)O)=C(CSc4cc[n+](NC)cc4)CS[C@@H]32)c2ccccc2)C(=O)C1=O. The van der Waals surface area contributed by atoms with E-state index >= 15 is 0 Å². The van der Waals surface area contributed by atoms with Crippen LogP contribution in [0.5, 0.6) is 0 Å². The molecule has 18 heteroatoms. The molecule has 2 saturated heterocycles. The highest BCUT2D eigenvalue weighted by Crippen LogP contribution is 2.46. The highest BCUT2D eigenvalue weighted by molar-refractivity contribution is 8.01. The van der Waals surface area contributed by atoms with Crippen LogP contribution < -0.4 is 26.1 Å². The van der Waals surface area contributed by atoms with E-state index in [2.05, 4.69) is 21.4 Å². The van der Waals surface area contributed by atoms with Gasteiger partial charge in [0.2, 0.25) is 30.4 Å². The second-order valence-corrected chi connectivity index (χ2v) is 12.9. The molecule has 0 bridgehead atoms. The Labute approximate surface area is 283 Å². The smallest absolute Gasteiger partial charge is 0.352 e. The topological polar surface area (TPSA) is 201 Å². The predicted octanol–water partition coefficient (Wildman–Crippen LogP) is -0.807. The molecule has 0 spiro atoms. The fourth-order valence-corrected chi connectivity index (χ4v) is 7.97. The van der Waals surface area contributed by atoms with Crippen molar-refractivity contribution in [3.05, 3.63) is 71.7 Å². The minimum atomic E-state index is -2.04. The number of benzene rings is 1. The predicted molar refractivity (Wildman–Crippen MR) is 172 cm³/mol. The summed E-state index contributed by atoms with van der Waals surface area (Å²) >= 11 is 2.55. The van der Waals surface area contributed by atoms with Crippen molar-refractivity contribution in [2.75, 3.05) is 43.6 Å². The lowest BCUT2D eigenvalue weighted by atomic mass is 9.94. The molecule has 5 rings (SSSR count). The van der Waals surface area contributed by atoms with Gasteiger partial charge in [-0.25, -0.2) is 9.59 Å². The molecule has 7 amide bonds. The van der Waals surface area contributed by atoms with Crippen molar-refractivity contribution in [3.8, 4) is 0 Å². The Hall–Kier alpha value is -5.10. The van der Waals surface area contributed by atoms with Crippen molar-refractivity contribution in [3.63, 3.8) is 0 Å². The number of carboxylic acids is 1. The third kappa shape index (κ3) is 6.40. The van der Waals surface area contributed by atoms with Gasteiger partial charge in [0.25, 0.3) is 5.91 Å². The Balaban J connectivity index is 1.37. The van der Waals surface area contributed by atoms with Gasteiger partial charge < -0.3 is 26.0 Å². The maximum Gasteiger partial charge on any atom is 0.352 e. The Bertz CT molecular complexity index is 1670. The highest BCUT2D eigenvalue weighted by Gasteiger charge is 2.66. The molecule has 252 valence electrons. The largest absolute Gasteiger partial charge is 0.477 e. The van der Waals surface area contributed by atoms with Crippen LogP contribution in [0.2, 0.25) is 0 Å². The van der Waals surface area contributed by atoms with Crippen molar-refractivity contribution in [1.29, 1.82) is 0 Å². The zero-order valence-corrected chi connectivity index (χ0v) is 27.5. The molecule has 5 N–H and O–H groups in total. The lowest BCUT2D eigenvalue weighted by molar-refractivity contribution is -0.647. The van der Waals surface area contributed by atoms with Crippen molar-refractivity contribution in [1.82, 2.24) is 30.7 Å². The molecular formula is C30H33N8O8S2+. The number of aromatic nitrogens is 1. The molecule has 0 radical (unpaired) electrons. The second kappa shape index (κ2) is 14.3. The van der Waals surface area contributed by atoms with Gasteiger partial charge in [0.15, 0.2) is 0 Å². The van der Waals surface area contributed by atoms with Crippen molar-refractivity contribution < 1.29 is 43.3 Å². The van der Waals surface area contributed by atoms with E-state index in [-0.39, 0.29) is 48.8 Å². The molecule has 0 saturated carbocycles. The van der Waals surface area contributed by atoms with E-state index in [0.29, 0.717) is 10.5 Å². The summed E-state index contributed by atoms with van der Waals surface area (Å²) in [6.45, 7) is 2.01. The van der Waals surface area contributed by atoms with E-state index in [1.54, 1.807) is 49.2 Å².